The Labute approximate surface area is 191 Å². The van der Waals surface area contributed by atoms with E-state index in [1.165, 1.54) is 24.3 Å². The van der Waals surface area contributed by atoms with Gasteiger partial charge in [0, 0.05) is 11.5 Å². The molecule has 2 aliphatic heterocycles. The highest BCUT2D eigenvalue weighted by Crippen LogP contribution is 2.35. The minimum Gasteiger partial charge on any atom is -0.508 e. The first kappa shape index (κ1) is 24.9. The molecule has 2 aromatic rings. The summed E-state index contributed by atoms with van der Waals surface area (Å²) in [5.74, 6) is -0.124. The molecule has 1 aromatic carbocycles. The van der Waals surface area contributed by atoms with Crippen LogP contribution in [-0.4, -0.2) is 109 Å². The number of phenolic OH excluding ortho intramolecular Hbond substituents is 1. The summed E-state index contributed by atoms with van der Waals surface area (Å²) < 4.78 is 21.6. The fraction of sp³-hybridized carbons (Fsp3) is 0.571. The molecule has 0 bridgehead atoms. The molecule has 1 aromatic heterocycles. The molecule has 13 nitrogen and oxygen atoms in total. The average Bonchev–Trinajstić information content (AvgIpc) is 2.82. The quantitative estimate of drug-likeness (QED) is 0.196. The van der Waals surface area contributed by atoms with Crippen LogP contribution in [-0.2, 0) is 14.2 Å². The van der Waals surface area contributed by atoms with Crippen molar-refractivity contribution in [3.63, 3.8) is 0 Å². The highest BCUT2D eigenvalue weighted by atomic mass is 16.7. The molecular formula is C21H26O13. The van der Waals surface area contributed by atoms with Gasteiger partial charge >= 0.3 is 5.63 Å². The molecule has 10 atom stereocenters. The van der Waals surface area contributed by atoms with E-state index < -0.39 is 80.1 Å². The van der Waals surface area contributed by atoms with Crippen LogP contribution in [0.4, 0.5) is 0 Å². The molecule has 0 aliphatic carbocycles. The zero-order chi connectivity index (χ0) is 24.7. The summed E-state index contributed by atoms with van der Waals surface area (Å²) in [6, 6.07) is 5.42. The van der Waals surface area contributed by atoms with Crippen LogP contribution in [0.25, 0.3) is 11.0 Å². The van der Waals surface area contributed by atoms with Gasteiger partial charge in [-0.05, 0) is 18.2 Å². The summed E-state index contributed by atoms with van der Waals surface area (Å²) >= 11 is 0. The highest BCUT2D eigenvalue weighted by Gasteiger charge is 2.51. The molecule has 4 rings (SSSR count). The second-order valence-corrected chi connectivity index (χ2v) is 8.27. The number of aliphatic hydroxyl groups excluding tert-OH is 7. The van der Waals surface area contributed by atoms with E-state index in [0.29, 0.717) is 5.39 Å². The van der Waals surface area contributed by atoms with Gasteiger partial charge < -0.3 is 59.5 Å². The zero-order valence-corrected chi connectivity index (χ0v) is 17.6. The Morgan fingerprint density at radius 3 is 2.21 bits per heavy atom. The number of fused-ring (bicyclic) bond motifs is 1. The normalized spacial score (nSPS) is 38.8. The lowest BCUT2D eigenvalue weighted by Crippen LogP contribution is -2.63. The molecule has 0 spiro atoms. The third-order valence-electron chi connectivity index (χ3n) is 6.06. The zero-order valence-electron chi connectivity index (χ0n) is 17.6. The number of ether oxygens (including phenoxy) is 3. The van der Waals surface area contributed by atoms with Gasteiger partial charge in [-0.15, -0.1) is 0 Å². The Hall–Kier alpha value is -2.17. The predicted octanol–water partition coefficient (Wildman–Crippen LogP) is -3.16. The summed E-state index contributed by atoms with van der Waals surface area (Å²) in [6.07, 6.45) is -15.9. The van der Waals surface area contributed by atoms with Crippen LogP contribution < -0.4 is 5.63 Å². The van der Waals surface area contributed by atoms with Gasteiger partial charge in [0.15, 0.2) is 6.29 Å². The van der Waals surface area contributed by atoms with Crippen molar-refractivity contribution in [1.82, 2.24) is 0 Å². The third kappa shape index (κ3) is 4.43. The molecule has 1 unspecified atom stereocenters. The van der Waals surface area contributed by atoms with Gasteiger partial charge in [0.1, 0.15) is 66.3 Å². The van der Waals surface area contributed by atoms with Gasteiger partial charge in [-0.1, -0.05) is 0 Å². The second kappa shape index (κ2) is 9.83. The third-order valence-corrected chi connectivity index (χ3v) is 6.06. The second-order valence-electron chi connectivity index (χ2n) is 8.27. The Kier molecular flexibility index (Phi) is 7.21. The van der Waals surface area contributed by atoms with E-state index in [9.17, 15) is 45.6 Å². The summed E-state index contributed by atoms with van der Waals surface area (Å²) in [4.78, 5) is 12.5. The molecule has 2 saturated heterocycles. The fourth-order valence-electron chi connectivity index (χ4n) is 4.16. The van der Waals surface area contributed by atoms with E-state index in [1.807, 2.05) is 0 Å². The van der Waals surface area contributed by atoms with Crippen LogP contribution >= 0.6 is 0 Å². The standard InChI is InChI=1S/C21H26O13/c22-5-11-13(25)14(26)17(29)21(33-11)34-19-12(6-23)31-18(15(27)16(19)28)9-3-7-1-2-8(24)4-10(7)32-20(9)30/h1-4,11-19,21-29H,5-6H2/t11-,12-,13+,14+,15-,16-,17-,18?,19-,21+/m1/s1. The van der Waals surface area contributed by atoms with Gasteiger partial charge in [-0.25, -0.2) is 4.79 Å². The van der Waals surface area contributed by atoms with Crippen molar-refractivity contribution >= 4 is 11.0 Å². The van der Waals surface area contributed by atoms with Crippen molar-refractivity contribution in [1.29, 1.82) is 0 Å². The molecule has 2 aliphatic rings. The first-order valence-electron chi connectivity index (χ1n) is 10.5. The maximum atomic E-state index is 12.5. The first-order valence-corrected chi connectivity index (χ1v) is 10.5. The van der Waals surface area contributed by atoms with Gasteiger partial charge in [-0.3, -0.25) is 0 Å². The smallest absolute Gasteiger partial charge is 0.342 e. The highest BCUT2D eigenvalue weighted by molar-refractivity contribution is 5.78. The first-order chi connectivity index (χ1) is 16.2. The van der Waals surface area contributed by atoms with E-state index in [0.717, 1.165) is 0 Å². The lowest BCUT2D eigenvalue weighted by molar-refractivity contribution is -0.342. The molecule has 13 heteroatoms. The van der Waals surface area contributed by atoms with Crippen LogP contribution in [0.3, 0.4) is 0 Å². The molecule has 3 heterocycles. The number of benzene rings is 1. The van der Waals surface area contributed by atoms with Gasteiger partial charge in [-0.2, -0.15) is 0 Å². The number of aliphatic hydroxyl groups is 7. The molecule has 0 amide bonds. The van der Waals surface area contributed by atoms with Gasteiger partial charge in [0.25, 0.3) is 0 Å². The fourth-order valence-corrected chi connectivity index (χ4v) is 4.16. The maximum Gasteiger partial charge on any atom is 0.342 e. The lowest BCUT2D eigenvalue weighted by atomic mass is 9.91. The molecule has 0 saturated carbocycles. The van der Waals surface area contributed by atoms with Crippen molar-refractivity contribution in [3.8, 4) is 5.75 Å². The summed E-state index contributed by atoms with van der Waals surface area (Å²) in [5, 5.41) is 80.6. The summed E-state index contributed by atoms with van der Waals surface area (Å²) in [7, 11) is 0. The molecule has 188 valence electrons. The van der Waals surface area contributed by atoms with E-state index in [4.69, 9.17) is 18.6 Å². The van der Waals surface area contributed by atoms with E-state index in [-0.39, 0.29) is 16.9 Å². The van der Waals surface area contributed by atoms with E-state index in [1.54, 1.807) is 0 Å². The van der Waals surface area contributed by atoms with Crippen molar-refractivity contribution in [2.24, 2.45) is 0 Å². The van der Waals surface area contributed by atoms with Crippen molar-refractivity contribution < 1.29 is 59.5 Å². The van der Waals surface area contributed by atoms with Crippen LogP contribution in [0.1, 0.15) is 11.7 Å². The monoisotopic (exact) mass is 486 g/mol. The van der Waals surface area contributed by atoms with Crippen LogP contribution in [0, 0.1) is 0 Å². The van der Waals surface area contributed by atoms with Crippen LogP contribution in [0.2, 0.25) is 0 Å². The largest absolute Gasteiger partial charge is 0.508 e. The molecule has 0 radical (unpaired) electrons. The van der Waals surface area contributed by atoms with Crippen molar-refractivity contribution in [2.45, 2.75) is 61.2 Å². The number of rotatable bonds is 5. The molecule has 8 N–H and O–H groups in total. The number of phenols is 1. The van der Waals surface area contributed by atoms with E-state index >= 15 is 0 Å². The lowest BCUT2D eigenvalue weighted by Gasteiger charge is -2.46. The average molecular weight is 486 g/mol. The van der Waals surface area contributed by atoms with Gasteiger partial charge in [0.05, 0.1) is 18.8 Å². The maximum absolute atomic E-state index is 12.5. The Morgan fingerprint density at radius 2 is 1.53 bits per heavy atom. The van der Waals surface area contributed by atoms with E-state index in [2.05, 4.69) is 0 Å². The Bertz CT molecular complexity index is 1050. The molecular weight excluding hydrogens is 460 g/mol. The topological polar surface area (TPSA) is 220 Å². The molecule has 2 fully saturated rings. The Morgan fingerprint density at radius 1 is 0.824 bits per heavy atom. The summed E-state index contributed by atoms with van der Waals surface area (Å²) in [6.45, 7) is -1.45. The Balaban J connectivity index is 1.59. The van der Waals surface area contributed by atoms with Crippen LogP contribution in [0.5, 0.6) is 5.75 Å². The number of aromatic hydroxyl groups is 1. The van der Waals surface area contributed by atoms with Crippen molar-refractivity contribution in [2.75, 3.05) is 13.2 Å². The summed E-state index contributed by atoms with van der Waals surface area (Å²) in [5.41, 5.74) is -0.976. The number of hydrogen-bond donors (Lipinski definition) is 8. The SMILES string of the molecule is O=c1oc2cc(O)ccc2cc1C1O[C@H](CO)[C@@H](O[C@@H]2O[C@H](CO)[C@H](O)[C@H](O)[C@H]2O)[C@H](O)[C@H]1O. The predicted molar refractivity (Wildman–Crippen MR) is 110 cm³/mol. The van der Waals surface area contributed by atoms with Crippen molar-refractivity contribution in [3.05, 3.63) is 40.2 Å². The number of hydrogen-bond acceptors (Lipinski definition) is 13. The molecule has 34 heavy (non-hydrogen) atoms. The van der Waals surface area contributed by atoms with Crippen LogP contribution in [0.15, 0.2) is 33.5 Å². The minimum atomic E-state index is -1.79. The minimum absolute atomic E-state index is 0.0853. The van der Waals surface area contributed by atoms with Gasteiger partial charge in [0.2, 0.25) is 0 Å².